The van der Waals surface area contributed by atoms with Crippen LogP contribution in [0, 0.1) is 5.41 Å². The van der Waals surface area contributed by atoms with Crippen molar-refractivity contribution in [1.82, 2.24) is 10.3 Å². The van der Waals surface area contributed by atoms with E-state index >= 15 is 0 Å². The van der Waals surface area contributed by atoms with Crippen molar-refractivity contribution in [3.63, 3.8) is 0 Å². The second-order valence-corrected chi connectivity index (χ2v) is 5.46. The normalized spacial score (nSPS) is 12.0. The van der Waals surface area contributed by atoms with Crippen molar-refractivity contribution in [3.8, 4) is 0 Å². The van der Waals surface area contributed by atoms with Crippen LogP contribution < -0.4 is 5.32 Å². The second-order valence-electron chi connectivity index (χ2n) is 5.46. The van der Waals surface area contributed by atoms with Crippen LogP contribution in [0.5, 0.6) is 0 Å². The quantitative estimate of drug-likeness (QED) is 0.755. The number of hydrogen-bond donors (Lipinski definition) is 1. The zero-order valence-corrected chi connectivity index (χ0v) is 11.0. The summed E-state index contributed by atoms with van der Waals surface area (Å²) in [5, 5.41) is 3.34. The Labute approximate surface area is 98.6 Å². The highest BCUT2D eigenvalue weighted by Gasteiger charge is 2.14. The van der Waals surface area contributed by atoms with Crippen LogP contribution in [0.15, 0.2) is 10.6 Å². The number of rotatable bonds is 6. The lowest BCUT2D eigenvalue weighted by atomic mass is 9.91. The van der Waals surface area contributed by atoms with E-state index in [4.69, 9.17) is 4.42 Å². The van der Waals surface area contributed by atoms with Gasteiger partial charge in [0.2, 0.25) is 0 Å². The summed E-state index contributed by atoms with van der Waals surface area (Å²) >= 11 is 0. The van der Waals surface area contributed by atoms with Crippen LogP contribution in [0.25, 0.3) is 0 Å². The van der Waals surface area contributed by atoms with Crippen LogP contribution in [0.1, 0.15) is 45.8 Å². The zero-order chi connectivity index (χ0) is 12.0. The van der Waals surface area contributed by atoms with E-state index in [0.29, 0.717) is 0 Å². The van der Waals surface area contributed by atoms with Gasteiger partial charge >= 0.3 is 0 Å². The first-order valence-corrected chi connectivity index (χ1v) is 6.15. The molecule has 16 heavy (non-hydrogen) atoms. The van der Waals surface area contributed by atoms with Crippen molar-refractivity contribution in [3.05, 3.63) is 17.8 Å². The van der Waals surface area contributed by atoms with Crippen molar-refractivity contribution in [2.45, 2.75) is 47.0 Å². The van der Waals surface area contributed by atoms with Crippen LogP contribution in [-0.2, 0) is 12.8 Å². The van der Waals surface area contributed by atoms with E-state index in [1.165, 1.54) is 6.42 Å². The van der Waals surface area contributed by atoms with Gasteiger partial charge in [0.25, 0.3) is 0 Å². The summed E-state index contributed by atoms with van der Waals surface area (Å²) in [6.07, 6.45) is 4.85. The van der Waals surface area contributed by atoms with Gasteiger partial charge in [-0.2, -0.15) is 0 Å². The molecule has 0 aliphatic rings. The lowest BCUT2D eigenvalue weighted by Gasteiger charge is -2.15. The third-order valence-corrected chi connectivity index (χ3v) is 2.25. The Kier molecular flexibility index (Phi) is 5.00. The predicted octanol–water partition coefficient (Wildman–Crippen LogP) is 2.81. The van der Waals surface area contributed by atoms with E-state index in [0.717, 1.165) is 37.6 Å². The molecule has 1 aromatic heterocycles. The molecular weight excluding hydrogens is 200 g/mol. The Bertz CT molecular complexity index is 299. The second kappa shape index (κ2) is 6.04. The van der Waals surface area contributed by atoms with Gasteiger partial charge in [0.1, 0.15) is 5.76 Å². The van der Waals surface area contributed by atoms with Crippen molar-refractivity contribution in [1.29, 1.82) is 0 Å². The fourth-order valence-corrected chi connectivity index (χ4v) is 1.57. The van der Waals surface area contributed by atoms with Crippen molar-refractivity contribution < 1.29 is 4.42 Å². The summed E-state index contributed by atoms with van der Waals surface area (Å²) < 4.78 is 5.69. The number of hydrogen-bond acceptors (Lipinski definition) is 3. The summed E-state index contributed by atoms with van der Waals surface area (Å²) in [6.45, 7) is 10.8. The maximum Gasteiger partial charge on any atom is 0.195 e. The molecule has 0 aromatic carbocycles. The van der Waals surface area contributed by atoms with Gasteiger partial charge in [-0.1, -0.05) is 27.7 Å². The number of oxazole rings is 1. The average molecular weight is 224 g/mol. The average Bonchev–Trinajstić information content (AvgIpc) is 2.58. The molecule has 0 aliphatic heterocycles. The molecule has 0 amide bonds. The Balaban J connectivity index is 2.34. The van der Waals surface area contributed by atoms with Gasteiger partial charge in [-0.3, -0.25) is 0 Å². The Morgan fingerprint density at radius 2 is 2.06 bits per heavy atom. The number of nitrogens with one attached hydrogen (secondary N) is 1. The van der Waals surface area contributed by atoms with Gasteiger partial charge in [0.15, 0.2) is 5.89 Å². The third kappa shape index (κ3) is 5.31. The highest BCUT2D eigenvalue weighted by Crippen LogP contribution is 2.20. The van der Waals surface area contributed by atoms with Crippen LogP contribution in [0.3, 0.4) is 0 Å². The minimum Gasteiger partial charge on any atom is -0.446 e. The summed E-state index contributed by atoms with van der Waals surface area (Å²) in [5.41, 5.74) is 0.261. The van der Waals surface area contributed by atoms with E-state index in [1.54, 1.807) is 0 Å². The fourth-order valence-electron chi connectivity index (χ4n) is 1.57. The third-order valence-electron chi connectivity index (χ3n) is 2.25. The lowest BCUT2D eigenvalue weighted by Crippen LogP contribution is -2.17. The van der Waals surface area contributed by atoms with Crippen LogP contribution >= 0.6 is 0 Å². The van der Waals surface area contributed by atoms with Gasteiger partial charge in [0.05, 0.1) is 6.20 Å². The molecule has 92 valence electrons. The van der Waals surface area contributed by atoms with Crippen LogP contribution in [0.2, 0.25) is 0 Å². The van der Waals surface area contributed by atoms with E-state index in [-0.39, 0.29) is 5.41 Å². The maximum atomic E-state index is 5.69. The van der Waals surface area contributed by atoms with Crippen molar-refractivity contribution >= 4 is 0 Å². The molecule has 0 saturated carbocycles. The van der Waals surface area contributed by atoms with E-state index < -0.39 is 0 Å². The molecule has 1 N–H and O–H groups in total. The molecule has 0 fully saturated rings. The fraction of sp³-hybridized carbons (Fsp3) is 0.769. The van der Waals surface area contributed by atoms with Gasteiger partial charge in [0, 0.05) is 19.4 Å². The van der Waals surface area contributed by atoms with Crippen molar-refractivity contribution in [2.24, 2.45) is 5.41 Å². The molecule has 0 bridgehead atoms. The van der Waals surface area contributed by atoms with Crippen molar-refractivity contribution in [2.75, 3.05) is 13.1 Å². The maximum absolute atomic E-state index is 5.69. The largest absolute Gasteiger partial charge is 0.446 e. The summed E-state index contributed by atoms with van der Waals surface area (Å²) in [7, 11) is 0. The minimum absolute atomic E-state index is 0.261. The molecule has 3 heteroatoms. The number of nitrogens with zero attached hydrogens (tertiary/aromatic N) is 1. The first kappa shape index (κ1) is 13.2. The number of aromatic nitrogens is 1. The van der Waals surface area contributed by atoms with Crippen LogP contribution in [0.4, 0.5) is 0 Å². The smallest absolute Gasteiger partial charge is 0.195 e. The molecule has 0 unspecified atom stereocenters. The highest BCUT2D eigenvalue weighted by molar-refractivity contribution is 4.97. The molecule has 0 saturated heterocycles. The van der Waals surface area contributed by atoms with E-state index in [1.807, 2.05) is 6.20 Å². The van der Waals surface area contributed by atoms with Gasteiger partial charge in [-0.05, 0) is 18.4 Å². The molecule has 0 atom stereocenters. The SMILES string of the molecule is CCCNCCc1ncc(CC(C)(C)C)o1. The van der Waals surface area contributed by atoms with Crippen LogP contribution in [-0.4, -0.2) is 18.1 Å². The molecule has 0 spiro atoms. The molecule has 3 nitrogen and oxygen atoms in total. The molecule has 0 aliphatic carbocycles. The monoisotopic (exact) mass is 224 g/mol. The standard InChI is InChI=1S/C13H24N2O/c1-5-7-14-8-6-12-15-10-11(16-12)9-13(2,3)4/h10,14H,5-9H2,1-4H3. The van der Waals surface area contributed by atoms with Gasteiger partial charge in [-0.15, -0.1) is 0 Å². The highest BCUT2D eigenvalue weighted by atomic mass is 16.4. The Morgan fingerprint density at radius 1 is 1.31 bits per heavy atom. The first-order chi connectivity index (χ1) is 7.51. The van der Waals surface area contributed by atoms with E-state index in [9.17, 15) is 0 Å². The summed E-state index contributed by atoms with van der Waals surface area (Å²) in [5.74, 6) is 1.85. The molecular formula is C13H24N2O. The topological polar surface area (TPSA) is 38.1 Å². The summed E-state index contributed by atoms with van der Waals surface area (Å²) in [6, 6.07) is 0. The van der Waals surface area contributed by atoms with Gasteiger partial charge < -0.3 is 9.73 Å². The Morgan fingerprint density at radius 3 is 2.69 bits per heavy atom. The molecule has 1 rings (SSSR count). The molecule has 1 heterocycles. The summed E-state index contributed by atoms with van der Waals surface area (Å²) in [4.78, 5) is 4.29. The van der Waals surface area contributed by atoms with E-state index in [2.05, 4.69) is 38.0 Å². The molecule has 1 aromatic rings. The molecule has 0 radical (unpaired) electrons. The predicted molar refractivity (Wildman–Crippen MR) is 66.5 cm³/mol. The van der Waals surface area contributed by atoms with Gasteiger partial charge in [-0.25, -0.2) is 4.98 Å². The zero-order valence-electron chi connectivity index (χ0n) is 11.0. The minimum atomic E-state index is 0.261. The first-order valence-electron chi connectivity index (χ1n) is 6.15. The Hall–Kier alpha value is -0.830. The lowest BCUT2D eigenvalue weighted by molar-refractivity contribution is 0.351.